The Balaban J connectivity index is 0.000000130. The minimum Gasteiger partial charge on any atom is -0.435 e. The fraction of sp³-hybridized carbons (Fsp3) is 0.308. The van der Waals surface area contributed by atoms with E-state index in [1.54, 1.807) is 12.4 Å². The number of benzene rings is 4. The van der Waals surface area contributed by atoms with Crippen LogP contribution in [0.5, 0.6) is 0 Å². The second kappa shape index (κ2) is 19.7. The molecule has 6 aromatic heterocycles. The lowest BCUT2D eigenvalue weighted by molar-refractivity contribution is 0.383. The second-order valence-corrected chi connectivity index (χ2v) is 21.6. The summed E-state index contributed by atoms with van der Waals surface area (Å²) in [5.41, 5.74) is 18.1. The molecule has 13 rings (SSSR count). The number of pyridine rings is 3. The number of furan rings is 3. The van der Waals surface area contributed by atoms with Gasteiger partial charge in [0.2, 0.25) is 17.1 Å². The average molecular weight is 1030 g/mol. The Morgan fingerprint density at radius 3 is 1.06 bits per heavy atom. The molecule has 3 atom stereocenters. The van der Waals surface area contributed by atoms with Crippen molar-refractivity contribution in [3.63, 3.8) is 0 Å². The van der Waals surface area contributed by atoms with Gasteiger partial charge in [-0.25, -0.2) is 15.0 Å². The number of anilines is 4. The molecule has 0 aliphatic carbocycles. The largest absolute Gasteiger partial charge is 0.435 e. The third kappa shape index (κ3) is 8.77. The normalized spacial score (nSPS) is 18.1. The van der Waals surface area contributed by atoms with Crippen molar-refractivity contribution in [1.29, 1.82) is 0 Å². The molecule has 0 fully saturated rings. The summed E-state index contributed by atoms with van der Waals surface area (Å²) in [5, 5.41) is 6.32. The lowest BCUT2D eigenvalue weighted by Gasteiger charge is -2.34. The molecule has 0 spiro atoms. The summed E-state index contributed by atoms with van der Waals surface area (Å²) < 4.78 is 41.6. The van der Waals surface area contributed by atoms with E-state index in [-0.39, 0.29) is 18.5 Å². The maximum atomic E-state index is 7.69. The first kappa shape index (κ1) is 47.2. The fourth-order valence-corrected chi connectivity index (χ4v) is 11.2. The lowest BCUT2D eigenvalue weighted by Crippen LogP contribution is -2.37. The van der Waals surface area contributed by atoms with Gasteiger partial charge in [0.25, 0.3) is 0 Å². The van der Waals surface area contributed by atoms with Gasteiger partial charge in [0.05, 0.1) is 17.1 Å². The van der Waals surface area contributed by atoms with Gasteiger partial charge >= 0.3 is 0 Å². The molecule has 0 saturated heterocycles. The maximum Gasteiger partial charge on any atom is 0.227 e. The summed E-state index contributed by atoms with van der Waals surface area (Å²) in [4.78, 5) is 26.2. The van der Waals surface area contributed by atoms with Gasteiger partial charge in [-0.1, -0.05) is 82.3 Å². The highest BCUT2D eigenvalue weighted by Gasteiger charge is 2.32. The van der Waals surface area contributed by atoms with Crippen LogP contribution >= 0.6 is 0 Å². The molecular weight excluding hydrogens is 955 g/mol. The predicted octanol–water partition coefficient (Wildman–Crippen LogP) is 16.3. The Kier molecular flexibility index (Phi) is 12.1. The summed E-state index contributed by atoms with van der Waals surface area (Å²) in [6.45, 7) is 25.4. The van der Waals surface area contributed by atoms with Crippen LogP contribution in [0, 0.1) is 41.5 Å². The van der Waals surface area contributed by atoms with E-state index in [1.165, 1.54) is 32.8 Å². The third-order valence-electron chi connectivity index (χ3n) is 15.7. The van der Waals surface area contributed by atoms with Crippen LogP contribution in [-0.2, 0) is 0 Å². The molecule has 4 aromatic carbocycles. The zero-order valence-electron chi connectivity index (χ0n) is 49.8. The van der Waals surface area contributed by atoms with E-state index >= 15 is 0 Å². The highest BCUT2D eigenvalue weighted by Crippen LogP contribution is 2.45. The van der Waals surface area contributed by atoms with Crippen LogP contribution in [0.1, 0.15) is 109 Å². The molecule has 3 aliphatic heterocycles. The molecule has 12 heteroatoms. The van der Waals surface area contributed by atoms with Gasteiger partial charge in [-0.2, -0.15) is 0 Å². The summed E-state index contributed by atoms with van der Waals surface area (Å²) >= 11 is 0. The molecule has 0 saturated carbocycles. The first-order valence-corrected chi connectivity index (χ1v) is 26.8. The Labute approximate surface area is 456 Å². The lowest BCUT2D eigenvalue weighted by atomic mass is 9.92. The number of nitrogens with zero attached hydrogens (tertiary/aromatic N) is 9. The summed E-state index contributed by atoms with van der Waals surface area (Å²) in [7, 11) is 2.08. The first-order valence-electron chi connectivity index (χ1n) is 28.3. The van der Waals surface area contributed by atoms with E-state index in [1.807, 2.05) is 75.9 Å². The van der Waals surface area contributed by atoms with Crippen molar-refractivity contribution in [1.82, 2.24) is 24.8 Å². The van der Waals surface area contributed by atoms with Crippen LogP contribution in [0.2, 0.25) is 0 Å². The highest BCUT2D eigenvalue weighted by molar-refractivity contribution is 6.11. The third-order valence-corrected chi connectivity index (χ3v) is 15.7. The van der Waals surface area contributed by atoms with E-state index in [4.69, 9.17) is 17.4 Å². The van der Waals surface area contributed by atoms with Crippen molar-refractivity contribution in [3.05, 3.63) is 173 Å². The van der Waals surface area contributed by atoms with Gasteiger partial charge in [-0.3, -0.25) is 0 Å². The monoisotopic (exact) mass is 1030 g/mol. The molecule has 0 amide bonds. The van der Waals surface area contributed by atoms with Crippen LogP contribution in [0.15, 0.2) is 141 Å². The highest BCUT2D eigenvalue weighted by atomic mass is 16.3. The van der Waals surface area contributed by atoms with Crippen molar-refractivity contribution < 1.29 is 17.4 Å². The van der Waals surface area contributed by atoms with E-state index < -0.39 is 6.98 Å². The van der Waals surface area contributed by atoms with Crippen molar-refractivity contribution >= 4 is 89.0 Å². The molecule has 9 heterocycles. The van der Waals surface area contributed by atoms with Crippen LogP contribution in [0.3, 0.4) is 0 Å². The molecule has 394 valence electrons. The van der Waals surface area contributed by atoms with Gasteiger partial charge in [-0.15, -0.1) is 0 Å². The Bertz CT molecular complexity index is 4100. The van der Waals surface area contributed by atoms with Crippen LogP contribution in [0.4, 0.5) is 22.7 Å². The number of hydrogen-bond acceptors (Lipinski definition) is 12. The number of para-hydroxylation sites is 1. The van der Waals surface area contributed by atoms with Crippen molar-refractivity contribution in [2.24, 2.45) is 0 Å². The molecule has 77 heavy (non-hydrogen) atoms. The smallest absolute Gasteiger partial charge is 0.227 e. The summed E-state index contributed by atoms with van der Waals surface area (Å²) in [6, 6.07) is 31.7. The van der Waals surface area contributed by atoms with Crippen molar-refractivity contribution in [2.45, 2.75) is 120 Å². The molecule has 12 nitrogen and oxygen atoms in total. The maximum absolute atomic E-state index is 7.69. The molecule has 0 unspecified atom stereocenters. The van der Waals surface area contributed by atoms with Gasteiger partial charge in [0.1, 0.15) is 18.5 Å². The Hall–Kier alpha value is -8.25. The molecule has 10 aromatic rings. The average Bonchev–Trinajstić information content (AvgIpc) is 4.47. The molecule has 3 aliphatic rings. The number of fused-ring (bicyclic) bond motifs is 9. The van der Waals surface area contributed by atoms with Crippen LogP contribution in [0.25, 0.3) is 66.2 Å². The van der Waals surface area contributed by atoms with Gasteiger partial charge < -0.3 is 42.7 Å². The topological polar surface area (TPSA) is 97.5 Å². The van der Waals surface area contributed by atoms with Gasteiger partial charge in [0, 0.05) is 110 Å². The zero-order chi connectivity index (χ0) is 56.8. The van der Waals surface area contributed by atoms with Crippen molar-refractivity contribution in [3.8, 4) is 0 Å². The zero-order valence-corrected chi connectivity index (χ0v) is 46.8. The molecule has 0 N–H and O–H groups in total. The second-order valence-electron chi connectivity index (χ2n) is 21.6. The summed E-state index contributed by atoms with van der Waals surface area (Å²) in [5.74, 6) is 0.895. The standard InChI is InChI=1S/C29H33N3O.2C18H19N3O/c1-17(2)22-9-8-10-23(18(3)4)27(22)32-16-15-31(21(32)7)26-19(5)11-13-24-25-14-12-20(6)30-29(25)33-28(24)26;2*1-11-5-7-14-15-8-6-12(2)19-18(15)22-17(14)16(11)21-10-9-20(4)13(21)3/h8-18,21H,1-7H3;2*5-10,13H,1-4H3/t21-;2*13-/m100/s1/i;4D3;. The Morgan fingerprint density at radius 1 is 0.403 bits per heavy atom. The minimum atomic E-state index is -2.18. The number of aryl methyl sites for hydroxylation is 6. The number of rotatable bonds is 6. The summed E-state index contributed by atoms with van der Waals surface area (Å²) in [6.07, 6.45) is 12.1. The molecule has 0 radical (unpaired) electrons. The quantitative estimate of drug-likeness (QED) is 0.159. The number of aromatic nitrogens is 3. The first-order chi connectivity index (χ1) is 38.1. The van der Waals surface area contributed by atoms with E-state index in [9.17, 15) is 0 Å². The Morgan fingerprint density at radius 2 is 0.727 bits per heavy atom. The molecule has 0 bridgehead atoms. The van der Waals surface area contributed by atoms with Crippen LogP contribution < -0.4 is 19.6 Å². The predicted molar refractivity (Wildman–Crippen MR) is 319 cm³/mol. The SMILES string of the molecule is Cc1ccc2c(n1)oc1c(N3C=CN(C)[C@@H]3C)c(C)ccc12.Cc1ccc2c(n1)oc1c(N3C=CN(c4c(C(C)C)cccc4C(C)C)[C@@H]3C)c(C)ccc12.[2H]C([2H])([2H])N1C=CN(c2c(C)ccc3c2oc2nc(C)ccc23)[C@H]1C. The minimum absolute atomic E-state index is 0.120. The molecular formula is C65H71N9O3. The van der Waals surface area contributed by atoms with Crippen LogP contribution in [-0.4, -0.2) is 57.3 Å². The van der Waals surface area contributed by atoms with E-state index in [0.717, 1.165) is 88.8 Å². The van der Waals surface area contributed by atoms with Crippen molar-refractivity contribution in [2.75, 3.05) is 33.6 Å². The fourth-order valence-electron chi connectivity index (χ4n) is 11.2. The van der Waals surface area contributed by atoms with Gasteiger partial charge in [-0.05, 0) is 138 Å². The van der Waals surface area contributed by atoms with E-state index in [0.29, 0.717) is 29.0 Å². The van der Waals surface area contributed by atoms with Gasteiger partial charge in [0.15, 0.2) is 16.7 Å². The number of hydrogen-bond donors (Lipinski definition) is 0. The van der Waals surface area contributed by atoms with E-state index in [2.05, 4.69) is 176 Å².